The Labute approximate surface area is 166 Å². The Morgan fingerprint density at radius 3 is 2.36 bits per heavy atom. The first kappa shape index (κ1) is 17.1. The fourth-order valence-corrected chi connectivity index (χ4v) is 4.21. The van der Waals surface area contributed by atoms with Crippen LogP contribution in [0.5, 0.6) is 11.5 Å². The third kappa shape index (κ3) is 2.48. The lowest BCUT2D eigenvalue weighted by Crippen LogP contribution is -2.43. The number of benzene rings is 3. The molecule has 0 fully saturated rings. The van der Waals surface area contributed by atoms with Crippen molar-refractivity contribution in [1.82, 2.24) is 0 Å². The van der Waals surface area contributed by atoms with E-state index >= 15 is 0 Å². The van der Waals surface area contributed by atoms with Gasteiger partial charge in [0, 0.05) is 22.3 Å². The van der Waals surface area contributed by atoms with E-state index in [4.69, 9.17) is 9.47 Å². The van der Waals surface area contributed by atoms with E-state index in [1.54, 1.807) is 0 Å². The summed E-state index contributed by atoms with van der Waals surface area (Å²) in [5.74, 6) is 1.82. The van der Waals surface area contributed by atoms with E-state index in [-0.39, 0.29) is 5.41 Å². The van der Waals surface area contributed by atoms with Crippen molar-refractivity contribution in [3.8, 4) is 11.5 Å². The number of hydrogen-bond acceptors (Lipinski definition) is 2. The van der Waals surface area contributed by atoms with Crippen molar-refractivity contribution in [2.24, 2.45) is 0 Å². The molecule has 2 nitrogen and oxygen atoms in total. The number of para-hydroxylation sites is 1. The van der Waals surface area contributed by atoms with Crippen molar-refractivity contribution in [1.29, 1.82) is 0 Å². The summed E-state index contributed by atoms with van der Waals surface area (Å²) >= 11 is 0. The maximum Gasteiger partial charge on any atom is 0.187 e. The molecule has 0 radical (unpaired) electrons. The van der Waals surface area contributed by atoms with Crippen molar-refractivity contribution in [3.05, 3.63) is 101 Å². The van der Waals surface area contributed by atoms with Crippen molar-refractivity contribution < 1.29 is 9.47 Å². The first-order valence-corrected chi connectivity index (χ1v) is 9.81. The summed E-state index contributed by atoms with van der Waals surface area (Å²) in [5, 5.41) is 0. The van der Waals surface area contributed by atoms with Gasteiger partial charge in [-0.1, -0.05) is 81.4 Å². The fraction of sp³-hybridized carbons (Fsp3) is 0.231. The molecule has 140 valence electrons. The molecular formula is C26H24O2. The van der Waals surface area contributed by atoms with E-state index in [1.807, 2.05) is 24.3 Å². The van der Waals surface area contributed by atoms with Crippen molar-refractivity contribution >= 4 is 6.08 Å². The molecule has 0 saturated carbocycles. The molecule has 0 spiro atoms. The smallest absolute Gasteiger partial charge is 0.187 e. The summed E-state index contributed by atoms with van der Waals surface area (Å²) in [7, 11) is 0. The van der Waals surface area contributed by atoms with E-state index < -0.39 is 5.60 Å². The lowest BCUT2D eigenvalue weighted by Gasteiger charge is -2.44. The number of ether oxygens (including phenoxy) is 2. The average Bonchev–Trinajstić information content (AvgIpc) is 2.71. The van der Waals surface area contributed by atoms with Crippen LogP contribution < -0.4 is 9.47 Å². The second-order valence-electron chi connectivity index (χ2n) is 8.61. The van der Waals surface area contributed by atoms with Crippen LogP contribution in [0.25, 0.3) is 6.08 Å². The van der Waals surface area contributed by atoms with Crippen LogP contribution in [0.3, 0.4) is 0 Å². The highest BCUT2D eigenvalue weighted by molar-refractivity contribution is 5.70. The molecule has 2 aliphatic heterocycles. The first-order valence-electron chi connectivity index (χ1n) is 9.81. The van der Waals surface area contributed by atoms with Crippen LogP contribution in [0.2, 0.25) is 0 Å². The minimum atomic E-state index is -0.653. The van der Waals surface area contributed by atoms with Gasteiger partial charge in [0.2, 0.25) is 0 Å². The largest absolute Gasteiger partial charge is 0.489 e. The summed E-state index contributed by atoms with van der Waals surface area (Å²) in [4.78, 5) is 0. The topological polar surface area (TPSA) is 18.5 Å². The van der Waals surface area contributed by atoms with E-state index in [1.165, 1.54) is 5.56 Å². The van der Waals surface area contributed by atoms with Crippen LogP contribution in [-0.4, -0.2) is 6.61 Å². The molecule has 0 aromatic heterocycles. The first-order chi connectivity index (χ1) is 13.5. The van der Waals surface area contributed by atoms with Crippen LogP contribution >= 0.6 is 0 Å². The Morgan fingerprint density at radius 1 is 0.821 bits per heavy atom. The molecule has 3 aromatic rings. The molecule has 1 unspecified atom stereocenters. The molecule has 0 bridgehead atoms. The standard InChI is InChI=1S/C26H24O2/c1-25(2,3)20-13-14-22-24(16-20)27-17-21-15-18-9-7-8-12-23(18)28-26(21,22)19-10-5-4-6-11-19/h4-16H,17H2,1-3H3. The van der Waals surface area contributed by atoms with Gasteiger partial charge < -0.3 is 9.47 Å². The van der Waals surface area contributed by atoms with Crippen LogP contribution in [-0.2, 0) is 11.0 Å². The van der Waals surface area contributed by atoms with Gasteiger partial charge in [0.15, 0.2) is 5.60 Å². The van der Waals surface area contributed by atoms with Crippen LogP contribution in [0.15, 0.2) is 78.4 Å². The van der Waals surface area contributed by atoms with Gasteiger partial charge in [0.05, 0.1) is 0 Å². The van der Waals surface area contributed by atoms with E-state index in [2.05, 4.69) is 75.4 Å². The quantitative estimate of drug-likeness (QED) is 0.517. The molecule has 5 rings (SSSR count). The lowest BCUT2D eigenvalue weighted by molar-refractivity contribution is 0.112. The SMILES string of the molecule is CC(C)(C)c1ccc2c(c1)OCC1=Cc3ccccc3OC12c1ccccc1. The molecular weight excluding hydrogens is 344 g/mol. The molecule has 2 heterocycles. The monoisotopic (exact) mass is 368 g/mol. The Morgan fingerprint density at radius 2 is 1.57 bits per heavy atom. The van der Waals surface area contributed by atoms with Crippen LogP contribution in [0.1, 0.15) is 43.0 Å². The highest BCUT2D eigenvalue weighted by Gasteiger charge is 2.48. The summed E-state index contributed by atoms with van der Waals surface area (Å²) in [6, 6.07) is 25.3. The second kappa shape index (κ2) is 6.00. The molecule has 3 aromatic carbocycles. The highest BCUT2D eigenvalue weighted by atomic mass is 16.5. The van der Waals surface area contributed by atoms with E-state index in [0.29, 0.717) is 6.61 Å². The van der Waals surface area contributed by atoms with E-state index in [9.17, 15) is 0 Å². The van der Waals surface area contributed by atoms with Gasteiger partial charge in [-0.05, 0) is 29.2 Å². The second-order valence-corrected chi connectivity index (χ2v) is 8.61. The Kier molecular flexibility index (Phi) is 3.67. The maximum absolute atomic E-state index is 6.81. The molecule has 0 aliphatic carbocycles. The normalized spacial score (nSPS) is 20.0. The molecule has 28 heavy (non-hydrogen) atoms. The van der Waals surface area contributed by atoms with Gasteiger partial charge >= 0.3 is 0 Å². The Bertz CT molecular complexity index is 1070. The zero-order valence-electron chi connectivity index (χ0n) is 16.5. The molecule has 0 amide bonds. The number of hydrogen-bond donors (Lipinski definition) is 0. The lowest BCUT2D eigenvalue weighted by atomic mass is 9.75. The molecule has 2 aliphatic rings. The number of rotatable bonds is 1. The van der Waals surface area contributed by atoms with E-state index in [0.717, 1.165) is 33.8 Å². The van der Waals surface area contributed by atoms with Gasteiger partial charge in [-0.25, -0.2) is 0 Å². The summed E-state index contributed by atoms with van der Waals surface area (Å²) in [6.45, 7) is 7.19. The minimum Gasteiger partial charge on any atom is -0.489 e. The van der Waals surface area contributed by atoms with Crippen molar-refractivity contribution in [2.75, 3.05) is 6.61 Å². The van der Waals surface area contributed by atoms with Gasteiger partial charge in [-0.2, -0.15) is 0 Å². The van der Waals surface area contributed by atoms with Gasteiger partial charge in [-0.15, -0.1) is 0 Å². The van der Waals surface area contributed by atoms with Crippen LogP contribution in [0.4, 0.5) is 0 Å². The van der Waals surface area contributed by atoms with Crippen molar-refractivity contribution in [2.45, 2.75) is 31.8 Å². The van der Waals surface area contributed by atoms with Gasteiger partial charge in [0.1, 0.15) is 18.1 Å². The third-order valence-electron chi connectivity index (χ3n) is 5.75. The van der Waals surface area contributed by atoms with Crippen LogP contribution in [0, 0.1) is 0 Å². The summed E-state index contributed by atoms with van der Waals surface area (Å²) in [5.41, 5.74) is 5.10. The molecule has 0 N–H and O–H groups in total. The molecule has 0 saturated heterocycles. The average molecular weight is 368 g/mol. The molecule has 1 atom stereocenters. The Balaban J connectivity index is 1.78. The number of fused-ring (bicyclic) bond motifs is 4. The zero-order valence-corrected chi connectivity index (χ0v) is 16.5. The summed E-state index contributed by atoms with van der Waals surface area (Å²) < 4.78 is 13.1. The highest BCUT2D eigenvalue weighted by Crippen LogP contribution is 2.52. The minimum absolute atomic E-state index is 0.0639. The fourth-order valence-electron chi connectivity index (χ4n) is 4.21. The van der Waals surface area contributed by atoms with Crippen molar-refractivity contribution in [3.63, 3.8) is 0 Å². The van der Waals surface area contributed by atoms with Gasteiger partial charge in [-0.3, -0.25) is 0 Å². The third-order valence-corrected chi connectivity index (χ3v) is 5.75. The van der Waals surface area contributed by atoms with Gasteiger partial charge in [0.25, 0.3) is 0 Å². The Hall–Kier alpha value is -3.00. The predicted octanol–water partition coefficient (Wildman–Crippen LogP) is 6.10. The summed E-state index contributed by atoms with van der Waals surface area (Å²) in [6.07, 6.45) is 2.23. The molecule has 2 heteroatoms. The maximum atomic E-state index is 6.81. The predicted molar refractivity (Wildman–Crippen MR) is 113 cm³/mol. The zero-order chi connectivity index (χ0) is 19.4.